The summed E-state index contributed by atoms with van der Waals surface area (Å²) in [7, 11) is 0. The van der Waals surface area contributed by atoms with Crippen LogP contribution in [0.4, 0.5) is 0 Å². The molecule has 0 amide bonds. The van der Waals surface area contributed by atoms with Crippen molar-refractivity contribution in [3.8, 4) is 0 Å². The van der Waals surface area contributed by atoms with Gasteiger partial charge in [0.15, 0.2) is 0 Å². The highest BCUT2D eigenvalue weighted by molar-refractivity contribution is 7.99. The van der Waals surface area contributed by atoms with E-state index >= 15 is 0 Å². The predicted octanol–water partition coefficient (Wildman–Crippen LogP) is 3.07. The number of rotatable bonds is 4. The minimum atomic E-state index is 0.459. The lowest BCUT2D eigenvalue weighted by Crippen LogP contribution is -2.49. The summed E-state index contributed by atoms with van der Waals surface area (Å²) in [6.07, 6.45) is 4.40. The predicted molar refractivity (Wildman–Crippen MR) is 66.9 cm³/mol. The number of hydrogen-bond donors (Lipinski definition) is 1. The highest BCUT2D eigenvalue weighted by Gasteiger charge is 2.32. The topological polar surface area (TPSA) is 12.0 Å². The van der Waals surface area contributed by atoms with Crippen molar-refractivity contribution >= 4 is 11.8 Å². The first-order chi connectivity index (χ1) is 6.56. The first kappa shape index (κ1) is 12.1. The first-order valence-electron chi connectivity index (χ1n) is 5.51. The van der Waals surface area contributed by atoms with E-state index in [0.717, 1.165) is 6.42 Å². The van der Waals surface area contributed by atoms with Gasteiger partial charge < -0.3 is 5.32 Å². The van der Waals surface area contributed by atoms with E-state index in [4.69, 9.17) is 0 Å². The van der Waals surface area contributed by atoms with Gasteiger partial charge in [0.25, 0.3) is 0 Å². The Morgan fingerprint density at radius 1 is 1.64 bits per heavy atom. The molecular weight excluding hydrogens is 190 g/mol. The van der Waals surface area contributed by atoms with Gasteiger partial charge in [-0.1, -0.05) is 19.9 Å². The summed E-state index contributed by atoms with van der Waals surface area (Å²) in [5.41, 5.74) is 0.459. The molecule has 2 unspecified atom stereocenters. The Balaban J connectivity index is 2.44. The van der Waals surface area contributed by atoms with E-state index in [9.17, 15) is 0 Å². The van der Waals surface area contributed by atoms with E-state index < -0.39 is 0 Å². The monoisotopic (exact) mass is 213 g/mol. The summed E-state index contributed by atoms with van der Waals surface area (Å²) in [5, 5.41) is 3.72. The quantitative estimate of drug-likeness (QED) is 0.720. The van der Waals surface area contributed by atoms with Crippen molar-refractivity contribution in [1.29, 1.82) is 0 Å². The second-order valence-corrected chi connectivity index (χ2v) is 6.11. The Labute approximate surface area is 92.7 Å². The van der Waals surface area contributed by atoms with Crippen molar-refractivity contribution in [2.75, 3.05) is 11.5 Å². The average Bonchev–Trinajstić information content (AvgIpc) is 2.09. The van der Waals surface area contributed by atoms with Crippen LogP contribution in [0.1, 0.15) is 33.6 Å². The van der Waals surface area contributed by atoms with Gasteiger partial charge in [0.05, 0.1) is 0 Å². The van der Waals surface area contributed by atoms with Crippen molar-refractivity contribution in [2.24, 2.45) is 5.41 Å². The van der Waals surface area contributed by atoms with Crippen LogP contribution in [0.2, 0.25) is 0 Å². The van der Waals surface area contributed by atoms with Gasteiger partial charge in [0.1, 0.15) is 0 Å². The highest BCUT2D eigenvalue weighted by atomic mass is 32.2. The van der Waals surface area contributed by atoms with E-state index in [-0.39, 0.29) is 0 Å². The third-order valence-corrected chi connectivity index (χ3v) is 4.19. The summed E-state index contributed by atoms with van der Waals surface area (Å²) >= 11 is 2.08. The lowest BCUT2D eigenvalue weighted by atomic mass is 9.82. The smallest absolute Gasteiger partial charge is 0.0212 e. The molecule has 1 heterocycles. The molecule has 1 saturated heterocycles. The fourth-order valence-electron chi connectivity index (χ4n) is 1.87. The number of nitrogens with one attached hydrogen (secondary N) is 1. The summed E-state index contributed by atoms with van der Waals surface area (Å²) in [5.74, 6) is 2.58. The van der Waals surface area contributed by atoms with Crippen LogP contribution in [0, 0.1) is 5.41 Å². The largest absolute Gasteiger partial charge is 0.310 e. The molecule has 1 fully saturated rings. The van der Waals surface area contributed by atoms with Crippen molar-refractivity contribution in [1.82, 2.24) is 5.32 Å². The Morgan fingerprint density at radius 3 is 2.93 bits per heavy atom. The minimum Gasteiger partial charge on any atom is -0.310 e. The summed E-state index contributed by atoms with van der Waals surface area (Å²) < 4.78 is 0. The lowest BCUT2D eigenvalue weighted by molar-refractivity contribution is 0.231. The molecule has 14 heavy (non-hydrogen) atoms. The van der Waals surface area contributed by atoms with Crippen LogP contribution < -0.4 is 5.32 Å². The fourth-order valence-corrected chi connectivity index (χ4v) is 3.49. The van der Waals surface area contributed by atoms with Crippen LogP contribution >= 0.6 is 11.8 Å². The summed E-state index contributed by atoms with van der Waals surface area (Å²) in [4.78, 5) is 0. The van der Waals surface area contributed by atoms with Crippen LogP contribution in [0.3, 0.4) is 0 Å². The van der Waals surface area contributed by atoms with E-state index in [1.807, 2.05) is 6.08 Å². The zero-order valence-electron chi connectivity index (χ0n) is 9.68. The van der Waals surface area contributed by atoms with E-state index in [1.54, 1.807) is 0 Å². The van der Waals surface area contributed by atoms with Gasteiger partial charge >= 0.3 is 0 Å². The molecule has 1 aliphatic rings. The third kappa shape index (κ3) is 3.32. The maximum Gasteiger partial charge on any atom is 0.0212 e. The van der Waals surface area contributed by atoms with Crippen LogP contribution in [-0.2, 0) is 0 Å². The van der Waals surface area contributed by atoms with Crippen molar-refractivity contribution in [2.45, 2.75) is 45.7 Å². The molecule has 1 nitrogen and oxygen atoms in total. The van der Waals surface area contributed by atoms with E-state index in [2.05, 4.69) is 44.4 Å². The molecule has 0 aromatic heterocycles. The Morgan fingerprint density at radius 2 is 2.36 bits per heavy atom. The molecule has 0 aliphatic carbocycles. The van der Waals surface area contributed by atoms with Crippen molar-refractivity contribution < 1.29 is 0 Å². The lowest BCUT2D eigenvalue weighted by Gasteiger charge is -2.40. The maximum atomic E-state index is 3.78. The van der Waals surface area contributed by atoms with Gasteiger partial charge in [-0.2, -0.15) is 11.8 Å². The molecule has 0 saturated carbocycles. The molecule has 0 aromatic carbocycles. The molecule has 0 spiro atoms. The van der Waals surface area contributed by atoms with E-state index in [0.29, 0.717) is 17.5 Å². The first-order valence-corrected chi connectivity index (χ1v) is 6.66. The normalized spacial score (nSPS) is 28.4. The summed E-state index contributed by atoms with van der Waals surface area (Å²) in [6, 6.07) is 1.23. The molecule has 2 atom stereocenters. The van der Waals surface area contributed by atoms with Crippen LogP contribution in [0.25, 0.3) is 0 Å². The molecule has 1 aliphatic heterocycles. The highest BCUT2D eigenvalue weighted by Crippen LogP contribution is 2.34. The van der Waals surface area contributed by atoms with Gasteiger partial charge in [-0.15, -0.1) is 6.58 Å². The van der Waals surface area contributed by atoms with Crippen LogP contribution in [0.5, 0.6) is 0 Å². The Hall–Kier alpha value is 0.0500. The number of hydrogen-bond acceptors (Lipinski definition) is 2. The molecule has 1 rings (SSSR count). The van der Waals surface area contributed by atoms with Crippen LogP contribution in [0.15, 0.2) is 12.7 Å². The second-order valence-electron chi connectivity index (χ2n) is 4.96. The van der Waals surface area contributed by atoms with Gasteiger partial charge in [-0.05, 0) is 30.9 Å². The Bertz CT molecular complexity index is 189. The molecular formula is C12H23NS. The van der Waals surface area contributed by atoms with Crippen molar-refractivity contribution in [3.63, 3.8) is 0 Å². The molecule has 0 aromatic rings. The van der Waals surface area contributed by atoms with Crippen molar-refractivity contribution in [3.05, 3.63) is 12.7 Å². The summed E-state index contributed by atoms with van der Waals surface area (Å²) in [6.45, 7) is 10.8. The molecule has 82 valence electrons. The molecule has 2 heteroatoms. The van der Waals surface area contributed by atoms with Gasteiger partial charge in [0, 0.05) is 17.8 Å². The van der Waals surface area contributed by atoms with Gasteiger partial charge in [-0.3, -0.25) is 0 Å². The average molecular weight is 213 g/mol. The van der Waals surface area contributed by atoms with Crippen LogP contribution in [-0.4, -0.2) is 23.6 Å². The third-order valence-electron chi connectivity index (χ3n) is 3.12. The van der Waals surface area contributed by atoms with Gasteiger partial charge in [-0.25, -0.2) is 0 Å². The van der Waals surface area contributed by atoms with E-state index in [1.165, 1.54) is 17.9 Å². The molecule has 0 bridgehead atoms. The maximum absolute atomic E-state index is 3.78. The second kappa shape index (κ2) is 5.22. The zero-order valence-corrected chi connectivity index (χ0v) is 10.5. The zero-order chi connectivity index (χ0) is 10.6. The number of thioether (sulfide) groups is 1. The standard InChI is InChI=1S/C12H23NS/c1-5-6-10(2)13-11-9-14-8-7-12(11,3)4/h5,10-11,13H,1,6-9H2,2-4H3. The molecule has 0 radical (unpaired) electrons. The fraction of sp³-hybridized carbons (Fsp3) is 0.833. The minimum absolute atomic E-state index is 0.459. The van der Waals surface area contributed by atoms with Gasteiger partial charge in [0.2, 0.25) is 0 Å². The Kier molecular flexibility index (Phi) is 4.52. The molecule has 1 N–H and O–H groups in total. The SMILES string of the molecule is C=CCC(C)NC1CSCCC1(C)C.